The summed E-state index contributed by atoms with van der Waals surface area (Å²) in [5, 5.41) is 2.58. The van der Waals surface area contributed by atoms with Crippen molar-refractivity contribution in [1.82, 2.24) is 0 Å². The van der Waals surface area contributed by atoms with E-state index in [4.69, 9.17) is 9.47 Å². The molecule has 2 atom stereocenters. The monoisotopic (exact) mass is 470 g/mol. The first kappa shape index (κ1) is 26.1. The van der Waals surface area contributed by atoms with E-state index in [1.54, 1.807) is 0 Å². The largest absolute Gasteiger partial charge is 0.469 e. The normalized spacial score (nSPS) is 13.9. The van der Waals surface area contributed by atoms with Crippen molar-refractivity contribution in [3.63, 3.8) is 0 Å². The number of ether oxygens (including phenoxy) is 2. The van der Waals surface area contributed by atoms with Gasteiger partial charge in [0.15, 0.2) is 0 Å². The molecular weight excluding hydrogens is 432 g/mol. The van der Waals surface area contributed by atoms with Crippen molar-refractivity contribution >= 4 is 38.5 Å². The van der Waals surface area contributed by atoms with Crippen molar-refractivity contribution in [2.24, 2.45) is 0 Å². The summed E-state index contributed by atoms with van der Waals surface area (Å²) < 4.78 is 10.3. The maximum atomic E-state index is 12.6. The highest BCUT2D eigenvalue weighted by molar-refractivity contribution is 6.96. The second kappa shape index (κ2) is 10.6. The van der Waals surface area contributed by atoms with Crippen LogP contribution in [0.4, 0.5) is 0 Å². The number of hydrogen-bond acceptors (Lipinski definition) is 4. The topological polar surface area (TPSA) is 52.6 Å². The second-order valence-corrected chi connectivity index (χ2v) is 19.5. The number of benzene rings is 2. The third-order valence-electron chi connectivity index (χ3n) is 7.16. The zero-order chi connectivity index (χ0) is 24.1. The van der Waals surface area contributed by atoms with Gasteiger partial charge in [-0.25, -0.2) is 0 Å². The van der Waals surface area contributed by atoms with Gasteiger partial charge in [-0.2, -0.15) is 0 Å². The molecule has 174 valence electrons. The molecule has 0 aromatic heterocycles. The van der Waals surface area contributed by atoms with Gasteiger partial charge in [0, 0.05) is 12.8 Å². The Bertz CT molecular complexity index is 840. The first-order valence-electron chi connectivity index (χ1n) is 11.2. The van der Waals surface area contributed by atoms with E-state index in [-0.39, 0.29) is 23.0 Å². The van der Waals surface area contributed by atoms with Gasteiger partial charge < -0.3 is 9.47 Å². The van der Waals surface area contributed by atoms with Crippen molar-refractivity contribution in [3.05, 3.63) is 59.7 Å². The van der Waals surface area contributed by atoms with Crippen molar-refractivity contribution in [2.45, 2.75) is 64.0 Å². The fourth-order valence-electron chi connectivity index (χ4n) is 4.72. The molecular formula is C26H38O4Si2. The van der Waals surface area contributed by atoms with Gasteiger partial charge >= 0.3 is 11.9 Å². The molecule has 4 nitrogen and oxygen atoms in total. The fraction of sp³-hybridized carbons (Fsp3) is 0.462. The van der Waals surface area contributed by atoms with Gasteiger partial charge in [0.25, 0.3) is 0 Å². The third kappa shape index (κ3) is 5.98. The summed E-state index contributed by atoms with van der Waals surface area (Å²) in [4.78, 5) is 25.2. The quantitative estimate of drug-likeness (QED) is 0.394. The van der Waals surface area contributed by atoms with E-state index in [1.807, 2.05) is 0 Å². The average molecular weight is 471 g/mol. The number of esters is 2. The van der Waals surface area contributed by atoms with Crippen LogP contribution in [-0.4, -0.2) is 42.3 Å². The molecule has 0 saturated heterocycles. The molecule has 0 amide bonds. The van der Waals surface area contributed by atoms with Crippen LogP contribution in [0.15, 0.2) is 48.5 Å². The van der Waals surface area contributed by atoms with Crippen LogP contribution in [0.5, 0.6) is 0 Å². The Labute approximate surface area is 195 Å². The Balaban J connectivity index is 2.65. The minimum atomic E-state index is -2.18. The molecule has 0 fully saturated rings. The lowest BCUT2D eigenvalue weighted by Gasteiger charge is -2.44. The minimum Gasteiger partial charge on any atom is -0.469 e. The molecule has 6 heteroatoms. The lowest BCUT2D eigenvalue weighted by atomic mass is 10.1. The van der Waals surface area contributed by atoms with E-state index in [1.165, 1.54) is 35.7 Å². The van der Waals surface area contributed by atoms with Crippen molar-refractivity contribution in [1.29, 1.82) is 0 Å². The lowest BCUT2D eigenvalue weighted by molar-refractivity contribution is -0.142. The zero-order valence-electron chi connectivity index (χ0n) is 20.8. The van der Waals surface area contributed by atoms with Gasteiger partial charge in [0.1, 0.15) is 0 Å². The van der Waals surface area contributed by atoms with Crippen LogP contribution >= 0.6 is 0 Å². The molecule has 32 heavy (non-hydrogen) atoms. The van der Waals surface area contributed by atoms with E-state index in [2.05, 4.69) is 88.6 Å². The molecule has 2 aromatic rings. The van der Waals surface area contributed by atoms with Gasteiger partial charge in [-0.05, 0) is 24.9 Å². The Morgan fingerprint density at radius 3 is 1.19 bits per heavy atom. The molecule has 0 N–H and O–H groups in total. The van der Waals surface area contributed by atoms with Crippen LogP contribution in [0, 0.1) is 13.8 Å². The highest BCUT2D eigenvalue weighted by Crippen LogP contribution is 2.45. The predicted molar refractivity (Wildman–Crippen MR) is 137 cm³/mol. The molecule has 0 spiro atoms. The van der Waals surface area contributed by atoms with Crippen molar-refractivity contribution in [3.8, 4) is 0 Å². The minimum absolute atomic E-state index is 0.0414. The van der Waals surface area contributed by atoms with Crippen LogP contribution in [0.1, 0.15) is 24.0 Å². The SMILES string of the molecule is COC(=O)C[C@H]([C@H](CC(=O)OC)[Si](C)(C)c1ccc(C)cc1)[Si](C)(C)c1ccc(C)cc1. The number of hydrogen-bond donors (Lipinski definition) is 0. The Morgan fingerprint density at radius 2 is 0.938 bits per heavy atom. The van der Waals surface area contributed by atoms with Gasteiger partial charge in [-0.15, -0.1) is 0 Å². The van der Waals surface area contributed by atoms with Crippen LogP contribution in [0.3, 0.4) is 0 Å². The molecule has 0 heterocycles. The van der Waals surface area contributed by atoms with Crippen molar-refractivity contribution < 1.29 is 19.1 Å². The second-order valence-electron chi connectivity index (χ2n) is 9.95. The molecule has 0 aliphatic heterocycles. The van der Waals surface area contributed by atoms with Crippen molar-refractivity contribution in [2.75, 3.05) is 14.2 Å². The van der Waals surface area contributed by atoms with Gasteiger partial charge in [0.05, 0.1) is 30.4 Å². The highest BCUT2D eigenvalue weighted by Gasteiger charge is 2.48. The van der Waals surface area contributed by atoms with Crippen LogP contribution in [0.25, 0.3) is 0 Å². The van der Waals surface area contributed by atoms with Crippen LogP contribution < -0.4 is 10.4 Å². The summed E-state index contributed by atoms with van der Waals surface area (Å²) in [6, 6.07) is 17.3. The summed E-state index contributed by atoms with van der Waals surface area (Å²) in [6.45, 7) is 13.4. The molecule has 2 aromatic carbocycles. The summed E-state index contributed by atoms with van der Waals surface area (Å²) >= 11 is 0. The van der Waals surface area contributed by atoms with Gasteiger partial charge in [0.2, 0.25) is 0 Å². The zero-order valence-corrected chi connectivity index (χ0v) is 22.8. The number of carbonyl (C=O) groups excluding carboxylic acids is 2. The van der Waals surface area contributed by atoms with E-state index >= 15 is 0 Å². The standard InChI is InChI=1S/C26H38O4Si2/c1-19-9-13-21(14-10-19)31(5,6)23(17-25(27)29-3)24(18-26(28)30-4)32(7,8)22-15-11-20(2)12-16-22/h9-16,23-24H,17-18H2,1-8H3/t23-,24+. The Kier molecular flexibility index (Phi) is 8.65. The first-order chi connectivity index (χ1) is 14.9. The average Bonchev–Trinajstić information content (AvgIpc) is 2.76. The number of aryl methyl sites for hydroxylation is 2. The van der Waals surface area contributed by atoms with E-state index in [0.717, 1.165) is 0 Å². The van der Waals surface area contributed by atoms with Gasteiger partial charge in [-0.3, -0.25) is 9.59 Å². The van der Waals surface area contributed by atoms with Crippen LogP contribution in [-0.2, 0) is 19.1 Å². The smallest absolute Gasteiger partial charge is 0.305 e. The first-order valence-corrected chi connectivity index (χ1v) is 17.4. The number of carbonyl (C=O) groups is 2. The third-order valence-corrected chi connectivity index (χ3v) is 16.1. The highest BCUT2D eigenvalue weighted by atomic mass is 28.3. The Hall–Kier alpha value is -2.19. The molecule has 0 unspecified atom stereocenters. The van der Waals surface area contributed by atoms with E-state index in [0.29, 0.717) is 12.8 Å². The van der Waals surface area contributed by atoms with E-state index in [9.17, 15) is 9.59 Å². The maximum Gasteiger partial charge on any atom is 0.305 e. The summed E-state index contributed by atoms with van der Waals surface area (Å²) in [5.41, 5.74) is 2.51. The predicted octanol–water partition coefficient (Wildman–Crippen LogP) is 4.70. The maximum absolute atomic E-state index is 12.6. The summed E-state index contributed by atoms with van der Waals surface area (Å²) in [7, 11) is -1.48. The Morgan fingerprint density at radius 1 is 0.656 bits per heavy atom. The molecule has 0 radical (unpaired) electrons. The molecule has 2 rings (SSSR count). The molecule has 0 aliphatic carbocycles. The van der Waals surface area contributed by atoms with Gasteiger partial charge in [-0.1, -0.05) is 96.2 Å². The fourth-order valence-corrected chi connectivity index (χ4v) is 13.7. The number of methoxy groups -OCH3 is 2. The number of rotatable bonds is 9. The molecule has 0 bridgehead atoms. The molecule has 0 aliphatic rings. The summed E-state index contributed by atoms with van der Waals surface area (Å²) in [5.74, 6) is -0.433. The summed E-state index contributed by atoms with van der Waals surface area (Å²) in [6.07, 6.45) is 0.626. The van der Waals surface area contributed by atoms with Crippen LogP contribution in [0.2, 0.25) is 37.3 Å². The lowest BCUT2D eigenvalue weighted by Crippen LogP contribution is -2.56. The molecule has 0 saturated carbocycles. The van der Waals surface area contributed by atoms with E-state index < -0.39 is 16.1 Å².